The first kappa shape index (κ1) is 21.1. The number of ether oxygens (including phenoxy) is 3. The van der Waals surface area contributed by atoms with Crippen LogP contribution in [-0.4, -0.2) is 61.9 Å². The Morgan fingerprint density at radius 2 is 1.75 bits per heavy atom. The molecule has 0 radical (unpaired) electrons. The Balaban J connectivity index is 2.41. The van der Waals surface area contributed by atoms with Gasteiger partial charge in [0.05, 0.1) is 11.3 Å². The van der Waals surface area contributed by atoms with Gasteiger partial charge in [0.2, 0.25) is 10.0 Å². The average molecular weight is 366 g/mol. The van der Waals surface area contributed by atoms with Crippen LogP contribution in [0, 0.1) is 0 Å². The molecule has 1 N–H and O–H groups in total. The van der Waals surface area contributed by atoms with Crippen LogP contribution in [0.15, 0.2) is 0 Å². The largest absolute Gasteiger partial charge is 0.443 e. The van der Waals surface area contributed by atoms with Crippen molar-refractivity contribution in [3.05, 3.63) is 0 Å². The van der Waals surface area contributed by atoms with E-state index in [9.17, 15) is 13.2 Å². The van der Waals surface area contributed by atoms with Crippen LogP contribution in [-0.2, 0) is 24.2 Å². The average Bonchev–Trinajstić information content (AvgIpc) is 2.37. The molecule has 1 saturated heterocycles. The highest BCUT2D eigenvalue weighted by Crippen LogP contribution is 2.26. The lowest BCUT2D eigenvalue weighted by atomic mass is 10.0. The van der Waals surface area contributed by atoms with Crippen molar-refractivity contribution in [1.29, 1.82) is 0 Å². The minimum Gasteiger partial charge on any atom is -0.443 e. The molecule has 0 bridgehead atoms. The zero-order valence-corrected chi connectivity index (χ0v) is 16.4. The van der Waals surface area contributed by atoms with Crippen LogP contribution < -0.4 is 5.32 Å². The highest BCUT2D eigenvalue weighted by molar-refractivity contribution is 7.89. The first-order chi connectivity index (χ1) is 10.7. The quantitative estimate of drug-likeness (QED) is 0.685. The molecule has 0 aliphatic carbocycles. The molecule has 9 heteroatoms. The summed E-state index contributed by atoms with van der Waals surface area (Å²) in [5.74, 6) is -0.158. The smallest absolute Gasteiger partial charge is 0.423 e. The zero-order chi connectivity index (χ0) is 18.8. The van der Waals surface area contributed by atoms with Gasteiger partial charge in [0.1, 0.15) is 5.60 Å². The zero-order valence-electron chi connectivity index (χ0n) is 15.6. The molecule has 8 nitrogen and oxygen atoms in total. The van der Waals surface area contributed by atoms with E-state index in [0.717, 1.165) is 0 Å². The van der Waals surface area contributed by atoms with Gasteiger partial charge in [-0.1, -0.05) is 0 Å². The predicted octanol–water partition coefficient (Wildman–Crippen LogP) is 1.66. The number of carbonyl (C=O) groups excluding carboxylic acids is 1. The number of hydrogen-bond donors (Lipinski definition) is 1. The summed E-state index contributed by atoms with van der Waals surface area (Å²) < 4.78 is 41.0. The van der Waals surface area contributed by atoms with E-state index in [0.29, 0.717) is 17.3 Å². The molecule has 1 aliphatic heterocycles. The number of nitrogens with one attached hydrogen (secondary N) is 1. The third kappa shape index (κ3) is 6.19. The van der Waals surface area contributed by atoms with Gasteiger partial charge in [0, 0.05) is 7.05 Å². The second-order valence-corrected chi connectivity index (χ2v) is 9.56. The van der Waals surface area contributed by atoms with E-state index in [2.05, 4.69) is 5.32 Å². The van der Waals surface area contributed by atoms with Crippen molar-refractivity contribution >= 4 is 16.1 Å². The van der Waals surface area contributed by atoms with Gasteiger partial charge >= 0.3 is 6.09 Å². The number of nitrogens with zero attached hydrogens (tertiary/aromatic N) is 1. The standard InChI is InChI=1S/C15H30N2O6S/c1-11-21-12(22-11)15(5,6)16-9-8-10-24(19,20)17(7)13(18)23-14(2,3)4/h11-12,16H,8-10H2,1-7H3. The lowest BCUT2D eigenvalue weighted by Crippen LogP contribution is -2.59. The van der Waals surface area contributed by atoms with E-state index in [1.807, 2.05) is 20.8 Å². The number of carbonyl (C=O) groups is 1. The lowest BCUT2D eigenvalue weighted by Gasteiger charge is -2.44. The number of rotatable bonds is 7. The van der Waals surface area contributed by atoms with Crippen molar-refractivity contribution in [2.45, 2.75) is 71.7 Å². The molecule has 1 fully saturated rings. The van der Waals surface area contributed by atoms with Gasteiger partial charge in [-0.25, -0.2) is 17.5 Å². The molecule has 0 unspecified atom stereocenters. The topological polar surface area (TPSA) is 94.2 Å². The molecular weight excluding hydrogens is 336 g/mol. The minimum absolute atomic E-state index is 0.158. The van der Waals surface area contributed by atoms with Crippen LogP contribution >= 0.6 is 0 Å². The first-order valence-corrected chi connectivity index (χ1v) is 9.61. The fourth-order valence-corrected chi connectivity index (χ4v) is 3.07. The maximum atomic E-state index is 12.2. The maximum absolute atomic E-state index is 12.2. The number of amides is 1. The van der Waals surface area contributed by atoms with Gasteiger partial charge in [-0.15, -0.1) is 0 Å². The first-order valence-electron chi connectivity index (χ1n) is 8.00. The van der Waals surface area contributed by atoms with Gasteiger partial charge in [-0.2, -0.15) is 0 Å². The van der Waals surface area contributed by atoms with Gasteiger partial charge in [0.25, 0.3) is 0 Å². The van der Waals surface area contributed by atoms with E-state index in [1.165, 1.54) is 7.05 Å². The van der Waals surface area contributed by atoms with Crippen LogP contribution in [0.3, 0.4) is 0 Å². The summed E-state index contributed by atoms with van der Waals surface area (Å²) in [5, 5.41) is 3.21. The number of sulfonamides is 1. The van der Waals surface area contributed by atoms with Crippen molar-refractivity contribution in [3.63, 3.8) is 0 Å². The lowest BCUT2D eigenvalue weighted by molar-refractivity contribution is -0.395. The van der Waals surface area contributed by atoms with Crippen molar-refractivity contribution in [3.8, 4) is 0 Å². The molecule has 0 aromatic heterocycles. The van der Waals surface area contributed by atoms with Gasteiger partial charge < -0.3 is 19.5 Å². The SMILES string of the molecule is CC1OC(C(C)(C)NCCCS(=O)(=O)N(C)C(=O)OC(C)(C)C)O1. The molecule has 0 aromatic carbocycles. The fourth-order valence-electron chi connectivity index (χ4n) is 2.02. The van der Waals surface area contributed by atoms with E-state index in [-0.39, 0.29) is 18.3 Å². The Morgan fingerprint density at radius 1 is 1.21 bits per heavy atom. The molecule has 0 aromatic rings. The number of hydrogen-bond acceptors (Lipinski definition) is 7. The summed E-state index contributed by atoms with van der Waals surface area (Å²) in [6.45, 7) is 11.2. The maximum Gasteiger partial charge on any atom is 0.423 e. The molecular formula is C15H30N2O6S. The van der Waals surface area contributed by atoms with Crippen molar-refractivity contribution in [1.82, 2.24) is 9.62 Å². The van der Waals surface area contributed by atoms with E-state index >= 15 is 0 Å². The Morgan fingerprint density at radius 3 is 2.21 bits per heavy atom. The normalized spacial score (nSPS) is 22.0. The molecule has 0 atom stereocenters. The summed E-state index contributed by atoms with van der Waals surface area (Å²) in [6.07, 6.45) is -1.09. The van der Waals surface area contributed by atoms with Crippen LogP contribution in [0.5, 0.6) is 0 Å². The highest BCUT2D eigenvalue weighted by atomic mass is 32.2. The summed E-state index contributed by atoms with van der Waals surface area (Å²) in [6, 6.07) is 0. The van der Waals surface area contributed by atoms with Gasteiger partial charge in [-0.3, -0.25) is 0 Å². The van der Waals surface area contributed by atoms with Gasteiger partial charge in [-0.05, 0) is 54.5 Å². The van der Waals surface area contributed by atoms with Crippen molar-refractivity contribution < 1.29 is 27.4 Å². The molecule has 0 spiro atoms. The molecule has 0 saturated carbocycles. The van der Waals surface area contributed by atoms with E-state index < -0.39 is 27.3 Å². The van der Waals surface area contributed by atoms with Crippen molar-refractivity contribution in [2.75, 3.05) is 19.3 Å². The molecule has 1 rings (SSSR count). The molecule has 1 aliphatic rings. The Kier molecular flexibility index (Phi) is 6.65. The summed E-state index contributed by atoms with van der Waals surface area (Å²) >= 11 is 0. The molecule has 142 valence electrons. The molecule has 1 heterocycles. The third-order valence-corrected chi connectivity index (χ3v) is 5.24. The van der Waals surface area contributed by atoms with Crippen molar-refractivity contribution in [2.24, 2.45) is 0 Å². The summed E-state index contributed by atoms with van der Waals surface area (Å²) in [4.78, 5) is 11.8. The van der Waals surface area contributed by atoms with E-state index in [1.54, 1.807) is 20.8 Å². The fraction of sp³-hybridized carbons (Fsp3) is 0.933. The second-order valence-electron chi connectivity index (χ2n) is 7.44. The highest BCUT2D eigenvalue weighted by Gasteiger charge is 2.40. The van der Waals surface area contributed by atoms with Crippen LogP contribution in [0.1, 0.15) is 48.0 Å². The second kappa shape index (κ2) is 7.55. The Hall–Kier alpha value is -0.900. The van der Waals surface area contributed by atoms with Crippen LogP contribution in [0.2, 0.25) is 0 Å². The Bertz CT molecular complexity index is 535. The van der Waals surface area contributed by atoms with Crippen LogP contribution in [0.25, 0.3) is 0 Å². The molecule has 1 amide bonds. The summed E-state index contributed by atoms with van der Waals surface area (Å²) in [5.41, 5.74) is -1.17. The monoisotopic (exact) mass is 366 g/mol. The minimum atomic E-state index is -3.71. The predicted molar refractivity (Wildman–Crippen MR) is 89.9 cm³/mol. The third-order valence-electron chi connectivity index (χ3n) is 3.45. The summed E-state index contributed by atoms with van der Waals surface area (Å²) in [7, 11) is -2.51. The molecule has 24 heavy (non-hydrogen) atoms. The van der Waals surface area contributed by atoms with Gasteiger partial charge in [0.15, 0.2) is 12.6 Å². The van der Waals surface area contributed by atoms with Crippen LogP contribution in [0.4, 0.5) is 4.79 Å². The van der Waals surface area contributed by atoms with E-state index in [4.69, 9.17) is 14.2 Å². The Labute approximate surface area is 144 Å².